The van der Waals surface area contributed by atoms with E-state index in [4.69, 9.17) is 0 Å². The van der Waals surface area contributed by atoms with Gasteiger partial charge in [-0.1, -0.05) is 30.3 Å². The molecule has 2 heterocycles. The fraction of sp³-hybridized carbons (Fsp3) is 0.450. The molecule has 0 radical (unpaired) electrons. The number of benzene rings is 1. The number of hydrogen-bond acceptors (Lipinski definition) is 5. The van der Waals surface area contributed by atoms with Crippen LogP contribution >= 0.6 is 0 Å². The van der Waals surface area contributed by atoms with Crippen LogP contribution in [0.25, 0.3) is 0 Å². The van der Waals surface area contributed by atoms with Crippen molar-refractivity contribution in [3.05, 3.63) is 69.0 Å². The summed E-state index contributed by atoms with van der Waals surface area (Å²) in [6.07, 6.45) is 2.31. The molecule has 1 amide bonds. The van der Waals surface area contributed by atoms with Crippen LogP contribution in [0.2, 0.25) is 0 Å². The Bertz CT molecular complexity index is 885. The molecule has 0 spiro atoms. The topological polar surface area (TPSA) is 88.4 Å². The summed E-state index contributed by atoms with van der Waals surface area (Å²) in [6.45, 7) is 5.59. The number of nitrogens with zero attached hydrogens (tertiary/aromatic N) is 3. The van der Waals surface area contributed by atoms with E-state index in [1.165, 1.54) is 16.8 Å². The molecule has 1 fully saturated rings. The Morgan fingerprint density at radius 3 is 2.57 bits per heavy atom. The van der Waals surface area contributed by atoms with Gasteiger partial charge in [0.25, 0.3) is 5.56 Å². The predicted molar refractivity (Wildman–Crippen MR) is 107 cm³/mol. The molecule has 8 nitrogen and oxygen atoms in total. The maximum Gasteiger partial charge on any atom is 0.331 e. The third kappa shape index (κ3) is 5.64. The predicted octanol–water partition coefficient (Wildman–Crippen LogP) is -0.530. The van der Waals surface area contributed by atoms with E-state index in [0.29, 0.717) is 13.1 Å². The van der Waals surface area contributed by atoms with Crippen LogP contribution in [0.3, 0.4) is 0 Å². The molecular weight excluding hydrogens is 358 g/mol. The van der Waals surface area contributed by atoms with Crippen molar-refractivity contribution >= 4 is 5.91 Å². The molecule has 28 heavy (non-hydrogen) atoms. The minimum atomic E-state index is -0.479. The molecule has 2 N–H and O–H groups in total. The number of hydrogen-bond donors (Lipinski definition) is 2. The van der Waals surface area contributed by atoms with Gasteiger partial charge < -0.3 is 15.5 Å². The summed E-state index contributed by atoms with van der Waals surface area (Å²) in [4.78, 5) is 39.2. The molecule has 3 rings (SSSR count). The van der Waals surface area contributed by atoms with Gasteiger partial charge in [0.1, 0.15) is 6.54 Å². The first kappa shape index (κ1) is 20.0. The lowest BCUT2D eigenvalue weighted by molar-refractivity contribution is -0.121. The van der Waals surface area contributed by atoms with E-state index >= 15 is 0 Å². The average molecular weight is 385 g/mol. The molecule has 1 aliphatic rings. The zero-order chi connectivity index (χ0) is 19.8. The highest BCUT2D eigenvalue weighted by atomic mass is 16.2. The van der Waals surface area contributed by atoms with Crippen molar-refractivity contribution in [1.29, 1.82) is 0 Å². The molecule has 2 aromatic rings. The van der Waals surface area contributed by atoms with Crippen molar-refractivity contribution in [2.75, 3.05) is 39.3 Å². The van der Waals surface area contributed by atoms with Gasteiger partial charge >= 0.3 is 5.69 Å². The zero-order valence-electron chi connectivity index (χ0n) is 16.0. The lowest BCUT2D eigenvalue weighted by Crippen LogP contribution is -2.45. The summed E-state index contributed by atoms with van der Waals surface area (Å²) < 4.78 is 2.42. The lowest BCUT2D eigenvalue weighted by atomic mass is 10.2. The largest absolute Gasteiger partial charge is 0.354 e. The second kappa shape index (κ2) is 10.0. The number of piperazine rings is 1. The van der Waals surface area contributed by atoms with Crippen LogP contribution in [0.1, 0.15) is 12.0 Å². The minimum absolute atomic E-state index is 0.263. The van der Waals surface area contributed by atoms with Gasteiger partial charge in [-0.2, -0.15) is 0 Å². The molecule has 1 saturated heterocycles. The van der Waals surface area contributed by atoms with E-state index in [1.54, 1.807) is 0 Å². The van der Waals surface area contributed by atoms with E-state index in [1.807, 2.05) is 30.3 Å². The number of amides is 1. The summed E-state index contributed by atoms with van der Waals surface area (Å²) >= 11 is 0. The van der Waals surface area contributed by atoms with Crippen molar-refractivity contribution in [2.45, 2.75) is 19.5 Å². The fourth-order valence-electron chi connectivity index (χ4n) is 3.27. The molecule has 1 aromatic heterocycles. The van der Waals surface area contributed by atoms with E-state index in [0.717, 1.165) is 49.3 Å². The number of carbonyl (C=O) groups excluding carboxylic acids is 1. The quantitative estimate of drug-likeness (QED) is 0.597. The Hall–Kier alpha value is -2.71. The maximum absolute atomic E-state index is 12.6. The minimum Gasteiger partial charge on any atom is -0.354 e. The maximum atomic E-state index is 12.6. The van der Waals surface area contributed by atoms with Crippen molar-refractivity contribution in [2.24, 2.45) is 0 Å². The highest BCUT2D eigenvalue weighted by Gasteiger charge is 2.11. The van der Waals surface area contributed by atoms with Gasteiger partial charge in [-0.15, -0.1) is 0 Å². The van der Waals surface area contributed by atoms with Gasteiger partial charge in [-0.25, -0.2) is 4.79 Å². The lowest BCUT2D eigenvalue weighted by Gasteiger charge is -2.27. The van der Waals surface area contributed by atoms with E-state index in [9.17, 15) is 14.4 Å². The summed E-state index contributed by atoms with van der Waals surface area (Å²) in [5.74, 6) is -0.322. The van der Waals surface area contributed by atoms with Gasteiger partial charge in [0, 0.05) is 45.0 Å². The molecule has 8 heteroatoms. The van der Waals surface area contributed by atoms with Gasteiger partial charge in [0.15, 0.2) is 0 Å². The first-order valence-electron chi connectivity index (χ1n) is 9.67. The van der Waals surface area contributed by atoms with Gasteiger partial charge in [-0.05, 0) is 18.5 Å². The Labute approximate surface area is 163 Å². The van der Waals surface area contributed by atoms with Crippen LogP contribution in [0.5, 0.6) is 0 Å². The van der Waals surface area contributed by atoms with E-state index in [2.05, 4.69) is 15.5 Å². The zero-order valence-corrected chi connectivity index (χ0v) is 16.0. The van der Waals surface area contributed by atoms with Crippen LogP contribution in [0, 0.1) is 0 Å². The third-order valence-electron chi connectivity index (χ3n) is 4.82. The Kier molecular flexibility index (Phi) is 7.16. The number of rotatable bonds is 8. The van der Waals surface area contributed by atoms with Crippen LogP contribution in [0.4, 0.5) is 0 Å². The van der Waals surface area contributed by atoms with Gasteiger partial charge in [0.05, 0.1) is 6.54 Å². The normalized spacial score (nSPS) is 14.7. The standard InChI is InChI=1S/C20H27N5O3/c26-18(22-8-4-11-23-13-9-21-10-14-23)16-25-19(27)7-12-24(20(25)28)15-17-5-2-1-3-6-17/h1-3,5-7,12,21H,4,8-11,13-16H2,(H,22,26). The Morgan fingerprint density at radius 1 is 1.07 bits per heavy atom. The molecule has 1 aliphatic heterocycles. The summed E-state index contributed by atoms with van der Waals surface area (Å²) in [7, 11) is 0. The molecule has 1 aromatic carbocycles. The van der Waals surface area contributed by atoms with Gasteiger partial charge in [-0.3, -0.25) is 18.7 Å². The number of carbonyl (C=O) groups is 1. The van der Waals surface area contributed by atoms with Crippen molar-refractivity contribution < 1.29 is 4.79 Å². The van der Waals surface area contributed by atoms with Crippen molar-refractivity contribution in [3.63, 3.8) is 0 Å². The molecule has 0 bridgehead atoms. The fourth-order valence-corrected chi connectivity index (χ4v) is 3.27. The molecule has 0 saturated carbocycles. The third-order valence-corrected chi connectivity index (χ3v) is 4.82. The first-order valence-corrected chi connectivity index (χ1v) is 9.67. The first-order chi connectivity index (χ1) is 13.6. The monoisotopic (exact) mass is 385 g/mol. The molecule has 150 valence electrons. The smallest absolute Gasteiger partial charge is 0.331 e. The highest BCUT2D eigenvalue weighted by molar-refractivity contribution is 5.75. The Balaban J connectivity index is 1.54. The van der Waals surface area contributed by atoms with Gasteiger partial charge in [0.2, 0.25) is 5.91 Å². The van der Waals surface area contributed by atoms with E-state index < -0.39 is 11.2 Å². The van der Waals surface area contributed by atoms with Crippen LogP contribution < -0.4 is 21.9 Å². The van der Waals surface area contributed by atoms with Crippen molar-refractivity contribution in [3.8, 4) is 0 Å². The molecule has 0 unspecified atom stereocenters. The van der Waals surface area contributed by atoms with E-state index in [-0.39, 0.29) is 12.5 Å². The second-order valence-corrected chi connectivity index (χ2v) is 6.93. The van der Waals surface area contributed by atoms with Crippen LogP contribution in [-0.4, -0.2) is 59.2 Å². The number of nitrogens with one attached hydrogen (secondary N) is 2. The summed E-state index contributed by atoms with van der Waals surface area (Å²) in [5, 5.41) is 6.11. The molecule has 0 atom stereocenters. The second-order valence-electron chi connectivity index (χ2n) is 6.93. The van der Waals surface area contributed by atoms with Crippen molar-refractivity contribution in [1.82, 2.24) is 24.7 Å². The molecule has 0 aliphatic carbocycles. The molecular formula is C20H27N5O3. The SMILES string of the molecule is O=C(Cn1c(=O)ccn(Cc2ccccc2)c1=O)NCCCN1CCNCC1. The van der Waals surface area contributed by atoms with Crippen LogP contribution in [0.15, 0.2) is 52.2 Å². The summed E-state index contributed by atoms with van der Waals surface area (Å²) in [5.41, 5.74) is 0.00441. The average Bonchev–Trinajstić information content (AvgIpc) is 2.72. The summed E-state index contributed by atoms with van der Waals surface area (Å²) in [6, 6.07) is 10.8. The highest BCUT2D eigenvalue weighted by Crippen LogP contribution is 1.99. The Morgan fingerprint density at radius 2 is 1.82 bits per heavy atom. The number of aromatic nitrogens is 2. The van der Waals surface area contributed by atoms with Crippen LogP contribution in [-0.2, 0) is 17.9 Å².